The van der Waals surface area contributed by atoms with E-state index in [-0.39, 0.29) is 18.1 Å². The van der Waals surface area contributed by atoms with Gasteiger partial charge in [0, 0.05) is 40.5 Å². The Kier molecular flexibility index (Phi) is 6.31. The van der Waals surface area contributed by atoms with Crippen LogP contribution in [-0.4, -0.2) is 44.4 Å². The average molecular weight is 522 g/mol. The van der Waals surface area contributed by atoms with Crippen LogP contribution in [0, 0.1) is 5.92 Å². The van der Waals surface area contributed by atoms with Gasteiger partial charge in [0.2, 0.25) is 0 Å². The van der Waals surface area contributed by atoms with E-state index < -0.39 is 0 Å². The summed E-state index contributed by atoms with van der Waals surface area (Å²) < 4.78 is 0. The number of hydrogen-bond acceptors (Lipinski definition) is 5. The van der Waals surface area contributed by atoms with E-state index in [1.165, 1.54) is 18.5 Å². The molecule has 3 N–H and O–H groups in total. The molecule has 3 fully saturated rings. The van der Waals surface area contributed by atoms with Gasteiger partial charge in [0.15, 0.2) is 0 Å². The van der Waals surface area contributed by atoms with Gasteiger partial charge in [-0.15, -0.1) is 0 Å². The Morgan fingerprint density at radius 1 is 0.974 bits per heavy atom. The molecule has 7 rings (SSSR count). The molecule has 7 nitrogen and oxygen atoms in total. The molecule has 2 aliphatic heterocycles. The number of carbonyl (C=O) groups is 1. The van der Waals surface area contributed by atoms with Crippen molar-refractivity contribution in [1.82, 2.24) is 20.5 Å². The third kappa shape index (κ3) is 4.59. The lowest BCUT2D eigenvalue weighted by Gasteiger charge is -2.39. The number of nitrogens with zero attached hydrogens (tertiary/aromatic N) is 3. The van der Waals surface area contributed by atoms with E-state index in [2.05, 4.69) is 49.7 Å². The molecule has 1 saturated carbocycles. The second kappa shape index (κ2) is 10.1. The minimum absolute atomic E-state index is 0.0790. The standard InChI is InChI=1S/C32H35N5O2/c38-26-18-24-13-14-25(19-26)37(24)23-11-8-21(9-12-23)30-27-17-22(10-15-28(27)35-36-30)32(39)34-31(20-5-1-2-6-20)29-7-3-4-16-33-29/h3-4,7-12,15-17,20,24-26,31,38H,1-2,5-6,13-14,18-19H2,(H,34,39)(H,35,36)/t24-,25+,26?,31-/m1/s1. The largest absolute Gasteiger partial charge is 0.393 e. The second-order valence-corrected chi connectivity index (χ2v) is 11.5. The van der Waals surface area contributed by atoms with Crippen molar-refractivity contribution in [2.45, 2.75) is 75.6 Å². The van der Waals surface area contributed by atoms with Gasteiger partial charge in [0.25, 0.3) is 5.91 Å². The van der Waals surface area contributed by atoms with E-state index in [1.807, 2.05) is 36.4 Å². The molecule has 1 aliphatic carbocycles. The number of piperidine rings is 1. The van der Waals surface area contributed by atoms with Gasteiger partial charge in [0.05, 0.1) is 29.1 Å². The summed E-state index contributed by atoms with van der Waals surface area (Å²) in [7, 11) is 0. The van der Waals surface area contributed by atoms with Crippen molar-refractivity contribution >= 4 is 22.5 Å². The molecule has 2 aromatic heterocycles. The minimum atomic E-state index is -0.169. The van der Waals surface area contributed by atoms with Gasteiger partial charge in [-0.1, -0.05) is 31.0 Å². The van der Waals surface area contributed by atoms with Gasteiger partial charge >= 0.3 is 0 Å². The maximum absolute atomic E-state index is 13.5. The number of anilines is 1. The molecule has 0 radical (unpaired) electrons. The molecule has 3 aliphatic rings. The van der Waals surface area contributed by atoms with E-state index >= 15 is 0 Å². The monoisotopic (exact) mass is 521 g/mol. The predicted octanol–water partition coefficient (Wildman–Crippen LogP) is 5.78. The summed E-state index contributed by atoms with van der Waals surface area (Å²) in [6, 6.07) is 21.1. The van der Waals surface area contributed by atoms with Gasteiger partial charge in [-0.2, -0.15) is 5.10 Å². The molecular formula is C32H35N5O2. The van der Waals surface area contributed by atoms with Crippen molar-refractivity contribution in [3.8, 4) is 11.3 Å². The highest BCUT2D eigenvalue weighted by Gasteiger charge is 2.40. The molecule has 4 heterocycles. The van der Waals surface area contributed by atoms with Gasteiger partial charge in [0.1, 0.15) is 0 Å². The van der Waals surface area contributed by atoms with Crippen LogP contribution in [0.4, 0.5) is 5.69 Å². The molecule has 4 aromatic rings. The first-order chi connectivity index (χ1) is 19.1. The topological polar surface area (TPSA) is 94.1 Å². The molecule has 2 saturated heterocycles. The number of pyridine rings is 1. The molecule has 0 spiro atoms. The fourth-order valence-electron chi connectivity index (χ4n) is 7.25. The number of benzene rings is 2. The SMILES string of the molecule is O=C(N[C@@H](c1ccccn1)C1CCCC1)c1ccc2[nH]nc(-c3ccc(N4[C@@H]5CC[C@H]4CC(O)C5)cc3)c2c1. The van der Waals surface area contributed by atoms with Crippen LogP contribution in [0.5, 0.6) is 0 Å². The number of hydrogen-bond donors (Lipinski definition) is 3. The van der Waals surface area contributed by atoms with Crippen molar-refractivity contribution < 1.29 is 9.90 Å². The van der Waals surface area contributed by atoms with Crippen molar-refractivity contribution in [3.05, 3.63) is 78.1 Å². The quantitative estimate of drug-likeness (QED) is 0.299. The third-order valence-corrected chi connectivity index (χ3v) is 9.14. The Morgan fingerprint density at radius 2 is 1.74 bits per heavy atom. The Bertz CT molecular complexity index is 1450. The Balaban J connectivity index is 1.14. The van der Waals surface area contributed by atoms with E-state index in [9.17, 15) is 9.90 Å². The van der Waals surface area contributed by atoms with Crippen LogP contribution in [0.25, 0.3) is 22.2 Å². The fourth-order valence-corrected chi connectivity index (χ4v) is 7.25. The minimum Gasteiger partial charge on any atom is -0.393 e. The van der Waals surface area contributed by atoms with Crippen LogP contribution in [0.2, 0.25) is 0 Å². The van der Waals surface area contributed by atoms with E-state index in [0.29, 0.717) is 23.6 Å². The first-order valence-corrected chi connectivity index (χ1v) is 14.4. The number of amides is 1. The van der Waals surface area contributed by atoms with Crippen molar-refractivity contribution in [3.63, 3.8) is 0 Å². The number of aromatic amines is 1. The van der Waals surface area contributed by atoms with Crippen LogP contribution < -0.4 is 10.2 Å². The first kappa shape index (κ1) is 24.3. The van der Waals surface area contributed by atoms with E-state index in [4.69, 9.17) is 0 Å². The zero-order chi connectivity index (χ0) is 26.3. The number of nitrogens with one attached hydrogen (secondary N) is 2. The lowest BCUT2D eigenvalue weighted by atomic mass is 9.94. The number of carbonyl (C=O) groups excluding carboxylic acids is 1. The van der Waals surface area contributed by atoms with Gasteiger partial charge in [-0.25, -0.2) is 0 Å². The molecule has 200 valence electrons. The normalized spacial score (nSPS) is 23.8. The molecular weight excluding hydrogens is 486 g/mol. The lowest BCUT2D eigenvalue weighted by Crippen LogP contribution is -2.44. The van der Waals surface area contributed by atoms with Gasteiger partial charge in [-0.05, 0) is 86.9 Å². The fraction of sp³-hybridized carbons (Fsp3) is 0.406. The van der Waals surface area contributed by atoms with Crippen LogP contribution >= 0.6 is 0 Å². The second-order valence-electron chi connectivity index (χ2n) is 11.5. The van der Waals surface area contributed by atoms with Crippen molar-refractivity contribution in [2.75, 3.05) is 4.90 Å². The van der Waals surface area contributed by atoms with Crippen LogP contribution in [0.1, 0.15) is 73.5 Å². The maximum Gasteiger partial charge on any atom is 0.251 e. The molecule has 39 heavy (non-hydrogen) atoms. The predicted molar refractivity (Wildman–Crippen MR) is 152 cm³/mol. The number of H-pyrrole nitrogens is 1. The van der Waals surface area contributed by atoms with Gasteiger partial charge in [-0.3, -0.25) is 14.9 Å². The molecule has 4 atom stereocenters. The Labute approximate surface area is 228 Å². The summed E-state index contributed by atoms with van der Waals surface area (Å²) in [6.45, 7) is 0. The zero-order valence-corrected chi connectivity index (χ0v) is 22.1. The van der Waals surface area contributed by atoms with Crippen LogP contribution in [-0.2, 0) is 0 Å². The van der Waals surface area contributed by atoms with Crippen molar-refractivity contribution in [1.29, 1.82) is 0 Å². The summed E-state index contributed by atoms with van der Waals surface area (Å²) in [5, 5.41) is 22.2. The molecule has 2 aromatic carbocycles. The maximum atomic E-state index is 13.5. The van der Waals surface area contributed by atoms with E-state index in [1.54, 1.807) is 6.20 Å². The lowest BCUT2D eigenvalue weighted by molar-refractivity contribution is 0.0920. The third-order valence-electron chi connectivity index (χ3n) is 9.14. The smallest absolute Gasteiger partial charge is 0.251 e. The van der Waals surface area contributed by atoms with Gasteiger partial charge < -0.3 is 15.3 Å². The molecule has 1 amide bonds. The summed E-state index contributed by atoms with van der Waals surface area (Å²) in [6.07, 6.45) is 10.3. The van der Waals surface area contributed by atoms with E-state index in [0.717, 1.165) is 66.4 Å². The molecule has 1 unspecified atom stereocenters. The highest BCUT2D eigenvalue weighted by Crippen LogP contribution is 2.40. The van der Waals surface area contributed by atoms with Crippen molar-refractivity contribution in [2.24, 2.45) is 5.92 Å². The molecule has 7 heteroatoms. The number of aliphatic hydroxyl groups is 1. The first-order valence-electron chi connectivity index (χ1n) is 14.4. The zero-order valence-electron chi connectivity index (χ0n) is 22.1. The summed E-state index contributed by atoms with van der Waals surface area (Å²) in [5.74, 6) is 0.332. The van der Waals surface area contributed by atoms with Crippen LogP contribution in [0.3, 0.4) is 0 Å². The number of aliphatic hydroxyl groups excluding tert-OH is 1. The number of fused-ring (bicyclic) bond motifs is 3. The number of rotatable bonds is 6. The summed E-state index contributed by atoms with van der Waals surface area (Å²) in [5.41, 5.74) is 5.55. The highest BCUT2D eigenvalue weighted by atomic mass is 16.3. The Hall–Kier alpha value is -3.71. The molecule has 2 bridgehead atoms. The van der Waals surface area contributed by atoms with Crippen LogP contribution in [0.15, 0.2) is 66.9 Å². The number of aromatic nitrogens is 3. The highest BCUT2D eigenvalue weighted by molar-refractivity contribution is 6.01. The Morgan fingerprint density at radius 3 is 2.46 bits per heavy atom. The summed E-state index contributed by atoms with van der Waals surface area (Å²) in [4.78, 5) is 20.6. The summed E-state index contributed by atoms with van der Waals surface area (Å²) >= 11 is 0. The average Bonchev–Trinajstić information content (AvgIpc) is 3.70.